The number of benzene rings is 2. The first kappa shape index (κ1) is 20.4. The van der Waals surface area contributed by atoms with Crippen molar-refractivity contribution in [2.75, 3.05) is 17.2 Å². The van der Waals surface area contributed by atoms with Gasteiger partial charge in [0.1, 0.15) is 5.69 Å². The summed E-state index contributed by atoms with van der Waals surface area (Å²) in [5.41, 5.74) is 3.46. The Hall–Kier alpha value is -2.89. The SMILES string of the molecule is CCNc1ccc(C(=O)Nc2c(C(C)C)cccc2C(C)C)cc1[N+](=O)[O-]. The van der Waals surface area contributed by atoms with Gasteiger partial charge in [0.25, 0.3) is 11.6 Å². The molecule has 2 aromatic carbocycles. The molecule has 0 heterocycles. The van der Waals surface area contributed by atoms with E-state index in [0.717, 1.165) is 16.8 Å². The van der Waals surface area contributed by atoms with E-state index in [0.29, 0.717) is 12.2 Å². The van der Waals surface area contributed by atoms with Crippen LogP contribution in [0, 0.1) is 10.1 Å². The summed E-state index contributed by atoms with van der Waals surface area (Å²) >= 11 is 0. The molecule has 0 fully saturated rings. The number of rotatable bonds is 7. The highest BCUT2D eigenvalue weighted by Crippen LogP contribution is 2.33. The van der Waals surface area contributed by atoms with Gasteiger partial charge >= 0.3 is 0 Å². The van der Waals surface area contributed by atoms with Gasteiger partial charge in [-0.2, -0.15) is 0 Å². The van der Waals surface area contributed by atoms with Crippen molar-refractivity contribution in [1.82, 2.24) is 0 Å². The van der Waals surface area contributed by atoms with Crippen molar-refractivity contribution in [3.8, 4) is 0 Å². The molecule has 1 amide bonds. The number of nitrogens with zero attached hydrogens (tertiary/aromatic N) is 1. The summed E-state index contributed by atoms with van der Waals surface area (Å²) in [6.07, 6.45) is 0. The number of nitrogens with one attached hydrogen (secondary N) is 2. The van der Waals surface area contributed by atoms with E-state index in [-0.39, 0.29) is 29.0 Å². The fourth-order valence-corrected chi connectivity index (χ4v) is 3.04. The Balaban J connectivity index is 2.43. The van der Waals surface area contributed by atoms with Crippen LogP contribution in [0.1, 0.15) is 67.9 Å². The van der Waals surface area contributed by atoms with Gasteiger partial charge in [-0.3, -0.25) is 14.9 Å². The third-order valence-electron chi connectivity index (χ3n) is 4.44. The molecule has 144 valence electrons. The topological polar surface area (TPSA) is 84.3 Å². The molecule has 0 aliphatic heterocycles. The molecule has 27 heavy (non-hydrogen) atoms. The van der Waals surface area contributed by atoms with Crippen molar-refractivity contribution in [1.29, 1.82) is 0 Å². The second kappa shape index (κ2) is 8.66. The molecular formula is C21H27N3O3. The molecule has 0 aliphatic rings. The molecule has 0 aromatic heterocycles. The number of anilines is 2. The molecule has 0 bridgehead atoms. The summed E-state index contributed by atoms with van der Waals surface area (Å²) in [6, 6.07) is 10.5. The van der Waals surface area contributed by atoms with E-state index >= 15 is 0 Å². The monoisotopic (exact) mass is 369 g/mol. The lowest BCUT2D eigenvalue weighted by Crippen LogP contribution is -2.16. The van der Waals surface area contributed by atoms with Crippen molar-refractivity contribution in [2.45, 2.75) is 46.5 Å². The zero-order chi connectivity index (χ0) is 20.1. The van der Waals surface area contributed by atoms with Crippen molar-refractivity contribution < 1.29 is 9.72 Å². The number of para-hydroxylation sites is 1. The number of carbonyl (C=O) groups excluding carboxylic acids is 1. The Morgan fingerprint density at radius 2 is 1.67 bits per heavy atom. The van der Waals surface area contributed by atoms with Gasteiger partial charge in [-0.25, -0.2) is 0 Å². The van der Waals surface area contributed by atoms with Crippen LogP contribution in [-0.4, -0.2) is 17.4 Å². The van der Waals surface area contributed by atoms with E-state index < -0.39 is 4.92 Å². The van der Waals surface area contributed by atoms with Crippen LogP contribution in [0.25, 0.3) is 0 Å². The molecule has 0 saturated heterocycles. The van der Waals surface area contributed by atoms with Crippen LogP contribution >= 0.6 is 0 Å². The summed E-state index contributed by atoms with van der Waals surface area (Å²) < 4.78 is 0. The first-order valence-corrected chi connectivity index (χ1v) is 9.22. The van der Waals surface area contributed by atoms with Gasteiger partial charge in [-0.15, -0.1) is 0 Å². The normalized spacial score (nSPS) is 10.9. The maximum absolute atomic E-state index is 12.9. The number of nitro benzene ring substituents is 1. The standard InChI is InChI=1S/C21H27N3O3/c1-6-22-18-11-10-15(12-19(18)24(26)27)21(25)23-20-16(13(2)3)8-7-9-17(20)14(4)5/h7-14,22H,6H2,1-5H3,(H,23,25). The average Bonchev–Trinajstić information content (AvgIpc) is 2.61. The molecule has 6 nitrogen and oxygen atoms in total. The number of amides is 1. The Morgan fingerprint density at radius 1 is 1.07 bits per heavy atom. The van der Waals surface area contributed by atoms with Crippen LogP contribution in [0.5, 0.6) is 0 Å². The highest BCUT2D eigenvalue weighted by Gasteiger charge is 2.20. The quantitative estimate of drug-likeness (QED) is 0.497. The summed E-state index contributed by atoms with van der Waals surface area (Å²) in [7, 11) is 0. The van der Waals surface area contributed by atoms with Crippen molar-refractivity contribution in [3.05, 3.63) is 63.2 Å². The minimum absolute atomic E-state index is 0.106. The second-order valence-corrected chi connectivity index (χ2v) is 7.09. The third-order valence-corrected chi connectivity index (χ3v) is 4.44. The number of carbonyl (C=O) groups is 1. The van der Waals surface area contributed by atoms with E-state index in [2.05, 4.69) is 38.3 Å². The van der Waals surface area contributed by atoms with E-state index in [1.165, 1.54) is 6.07 Å². The van der Waals surface area contributed by atoms with E-state index in [1.54, 1.807) is 12.1 Å². The van der Waals surface area contributed by atoms with Gasteiger partial charge < -0.3 is 10.6 Å². The molecule has 0 radical (unpaired) electrons. The molecule has 6 heteroatoms. The molecule has 2 rings (SSSR count). The zero-order valence-corrected chi connectivity index (χ0v) is 16.5. The van der Waals surface area contributed by atoms with Gasteiger partial charge in [0.15, 0.2) is 0 Å². The van der Waals surface area contributed by atoms with E-state index in [1.807, 2.05) is 25.1 Å². The number of hydrogen-bond acceptors (Lipinski definition) is 4. The molecular weight excluding hydrogens is 342 g/mol. The lowest BCUT2D eigenvalue weighted by atomic mass is 9.92. The summed E-state index contributed by atoms with van der Waals surface area (Å²) in [5.74, 6) is 0.130. The Kier molecular flexibility index (Phi) is 6.55. The molecule has 2 aromatic rings. The lowest BCUT2D eigenvalue weighted by molar-refractivity contribution is -0.384. The fraction of sp³-hybridized carbons (Fsp3) is 0.381. The molecule has 0 aliphatic carbocycles. The predicted octanol–water partition coefficient (Wildman–Crippen LogP) is 5.53. The summed E-state index contributed by atoms with van der Waals surface area (Å²) in [6.45, 7) is 10.7. The van der Waals surface area contributed by atoms with Crippen LogP contribution in [0.3, 0.4) is 0 Å². The van der Waals surface area contributed by atoms with Gasteiger partial charge in [-0.1, -0.05) is 45.9 Å². The van der Waals surface area contributed by atoms with Crippen LogP contribution in [0.2, 0.25) is 0 Å². The lowest BCUT2D eigenvalue weighted by Gasteiger charge is -2.20. The smallest absolute Gasteiger partial charge is 0.293 e. The van der Waals surface area contributed by atoms with E-state index in [9.17, 15) is 14.9 Å². The van der Waals surface area contributed by atoms with Gasteiger partial charge in [0.05, 0.1) is 4.92 Å². The highest BCUT2D eigenvalue weighted by molar-refractivity contribution is 6.06. The molecule has 2 N–H and O–H groups in total. The Labute approximate surface area is 160 Å². The summed E-state index contributed by atoms with van der Waals surface area (Å²) in [5, 5.41) is 17.3. The Morgan fingerprint density at radius 3 is 2.15 bits per heavy atom. The zero-order valence-electron chi connectivity index (χ0n) is 16.5. The molecule has 0 atom stereocenters. The molecule has 0 spiro atoms. The minimum atomic E-state index is -0.476. The van der Waals surface area contributed by atoms with Gasteiger partial charge in [-0.05, 0) is 42.0 Å². The maximum atomic E-state index is 12.9. The largest absolute Gasteiger partial charge is 0.380 e. The third kappa shape index (κ3) is 4.64. The summed E-state index contributed by atoms with van der Waals surface area (Å²) in [4.78, 5) is 23.7. The van der Waals surface area contributed by atoms with Crippen LogP contribution in [0.15, 0.2) is 36.4 Å². The first-order valence-electron chi connectivity index (χ1n) is 9.22. The minimum Gasteiger partial charge on any atom is -0.380 e. The van der Waals surface area contributed by atoms with Crippen molar-refractivity contribution in [3.63, 3.8) is 0 Å². The predicted molar refractivity (Wildman–Crippen MR) is 110 cm³/mol. The Bertz CT molecular complexity index is 818. The molecule has 0 saturated carbocycles. The molecule has 0 unspecified atom stereocenters. The second-order valence-electron chi connectivity index (χ2n) is 7.09. The van der Waals surface area contributed by atoms with Crippen molar-refractivity contribution >= 4 is 23.0 Å². The average molecular weight is 369 g/mol. The van der Waals surface area contributed by atoms with Gasteiger partial charge in [0.2, 0.25) is 0 Å². The number of nitro groups is 1. The number of hydrogen-bond donors (Lipinski definition) is 2. The van der Waals surface area contributed by atoms with Crippen LogP contribution in [-0.2, 0) is 0 Å². The van der Waals surface area contributed by atoms with Crippen LogP contribution in [0.4, 0.5) is 17.1 Å². The van der Waals surface area contributed by atoms with Crippen LogP contribution < -0.4 is 10.6 Å². The maximum Gasteiger partial charge on any atom is 0.293 e. The van der Waals surface area contributed by atoms with Crippen molar-refractivity contribution in [2.24, 2.45) is 0 Å². The fourth-order valence-electron chi connectivity index (χ4n) is 3.04. The highest BCUT2D eigenvalue weighted by atomic mass is 16.6. The van der Waals surface area contributed by atoms with Gasteiger partial charge in [0, 0.05) is 23.9 Å². The first-order chi connectivity index (χ1) is 12.8. The van der Waals surface area contributed by atoms with E-state index in [4.69, 9.17) is 0 Å².